The summed E-state index contributed by atoms with van der Waals surface area (Å²) in [6.45, 7) is 8.31. The van der Waals surface area contributed by atoms with Gasteiger partial charge in [0.05, 0.1) is 5.92 Å². The van der Waals surface area contributed by atoms with Gasteiger partial charge in [-0.25, -0.2) is 4.79 Å². The highest BCUT2D eigenvalue weighted by molar-refractivity contribution is 5.74. The minimum Gasteiger partial charge on any atom is -0.481 e. The molecule has 1 fully saturated rings. The van der Waals surface area contributed by atoms with E-state index in [1.807, 2.05) is 4.90 Å². The quantitative estimate of drug-likeness (QED) is 0.727. The largest absolute Gasteiger partial charge is 0.481 e. The second kappa shape index (κ2) is 7.36. The number of urea groups is 1. The number of carboxylic acids is 1. The highest BCUT2D eigenvalue weighted by Crippen LogP contribution is 2.23. The summed E-state index contributed by atoms with van der Waals surface area (Å²) in [7, 11) is 0. The Morgan fingerprint density at radius 2 is 2.05 bits per heavy atom. The van der Waals surface area contributed by atoms with Crippen molar-refractivity contribution in [2.45, 2.75) is 40.0 Å². The van der Waals surface area contributed by atoms with Crippen LogP contribution in [-0.4, -0.2) is 41.6 Å². The molecule has 1 aliphatic rings. The average molecular weight is 270 g/mol. The van der Waals surface area contributed by atoms with Gasteiger partial charge in [0.2, 0.25) is 0 Å². The number of carboxylic acid groups (broad SMARTS) is 1. The maximum Gasteiger partial charge on any atom is 0.317 e. The van der Waals surface area contributed by atoms with Crippen LogP contribution in [0.3, 0.4) is 0 Å². The first-order valence-electron chi connectivity index (χ1n) is 7.17. The topological polar surface area (TPSA) is 69.6 Å². The Bertz CT molecular complexity index is 318. The molecule has 5 heteroatoms. The van der Waals surface area contributed by atoms with E-state index < -0.39 is 5.97 Å². The number of amides is 2. The van der Waals surface area contributed by atoms with Crippen molar-refractivity contribution in [3.8, 4) is 0 Å². The Hall–Kier alpha value is -1.26. The number of likely N-dealkylation sites (tertiary alicyclic amines) is 1. The average Bonchev–Trinajstić information content (AvgIpc) is 2.83. The van der Waals surface area contributed by atoms with E-state index in [1.165, 1.54) is 0 Å². The van der Waals surface area contributed by atoms with Crippen LogP contribution in [0.25, 0.3) is 0 Å². The summed E-state index contributed by atoms with van der Waals surface area (Å²) in [5, 5.41) is 11.6. The first-order valence-corrected chi connectivity index (χ1v) is 7.17. The summed E-state index contributed by atoms with van der Waals surface area (Å²) in [6, 6.07) is -0.00821. The number of nitrogens with one attached hydrogen (secondary N) is 1. The van der Waals surface area contributed by atoms with Crippen LogP contribution in [0.2, 0.25) is 0 Å². The molecule has 2 unspecified atom stereocenters. The number of hydrogen-bond donors (Lipinski definition) is 2. The van der Waals surface area contributed by atoms with E-state index in [0.29, 0.717) is 31.2 Å². The van der Waals surface area contributed by atoms with E-state index in [2.05, 4.69) is 19.2 Å². The molecule has 19 heavy (non-hydrogen) atoms. The lowest BCUT2D eigenvalue weighted by molar-refractivity contribution is -0.141. The molecule has 0 aromatic carbocycles. The normalized spacial score (nSPS) is 20.6. The van der Waals surface area contributed by atoms with Gasteiger partial charge < -0.3 is 15.3 Å². The highest BCUT2D eigenvalue weighted by Gasteiger charge is 2.27. The molecule has 0 aliphatic carbocycles. The molecule has 1 heterocycles. The van der Waals surface area contributed by atoms with Gasteiger partial charge >= 0.3 is 12.0 Å². The van der Waals surface area contributed by atoms with Crippen LogP contribution in [-0.2, 0) is 4.79 Å². The molecule has 2 atom stereocenters. The van der Waals surface area contributed by atoms with Crippen molar-refractivity contribution in [1.29, 1.82) is 0 Å². The molecule has 5 nitrogen and oxygen atoms in total. The molecule has 2 amide bonds. The fourth-order valence-electron chi connectivity index (χ4n) is 2.35. The van der Waals surface area contributed by atoms with Gasteiger partial charge in [0, 0.05) is 19.6 Å². The van der Waals surface area contributed by atoms with Crippen molar-refractivity contribution in [3.63, 3.8) is 0 Å². The molecular weight excluding hydrogens is 244 g/mol. The Morgan fingerprint density at radius 3 is 2.58 bits per heavy atom. The molecule has 0 spiro atoms. The van der Waals surface area contributed by atoms with Gasteiger partial charge in [-0.2, -0.15) is 0 Å². The van der Waals surface area contributed by atoms with Crippen molar-refractivity contribution < 1.29 is 14.7 Å². The van der Waals surface area contributed by atoms with E-state index in [9.17, 15) is 9.59 Å². The number of hydrogen-bond acceptors (Lipinski definition) is 2. The SMILES string of the molecule is CC(CCCNC(=O)N1CCC(C(C)C)C1)C(=O)O. The molecule has 1 saturated heterocycles. The van der Waals surface area contributed by atoms with Gasteiger partial charge in [-0.1, -0.05) is 20.8 Å². The van der Waals surface area contributed by atoms with Crippen LogP contribution < -0.4 is 5.32 Å². The van der Waals surface area contributed by atoms with Crippen molar-refractivity contribution in [2.75, 3.05) is 19.6 Å². The van der Waals surface area contributed by atoms with E-state index >= 15 is 0 Å². The molecule has 0 radical (unpaired) electrons. The monoisotopic (exact) mass is 270 g/mol. The molecule has 0 saturated carbocycles. The first-order chi connectivity index (χ1) is 8.91. The molecule has 1 aliphatic heterocycles. The van der Waals surface area contributed by atoms with Crippen molar-refractivity contribution in [2.24, 2.45) is 17.8 Å². The summed E-state index contributed by atoms with van der Waals surface area (Å²) >= 11 is 0. The summed E-state index contributed by atoms with van der Waals surface area (Å²) in [5.74, 6) is 0.117. The lowest BCUT2D eigenvalue weighted by atomic mass is 9.95. The van der Waals surface area contributed by atoms with Crippen molar-refractivity contribution >= 4 is 12.0 Å². The van der Waals surface area contributed by atoms with Crippen molar-refractivity contribution in [3.05, 3.63) is 0 Å². The van der Waals surface area contributed by atoms with E-state index in [0.717, 1.165) is 19.5 Å². The summed E-state index contributed by atoms with van der Waals surface area (Å²) in [5.41, 5.74) is 0. The minimum absolute atomic E-state index is 0.00821. The zero-order valence-corrected chi connectivity index (χ0v) is 12.2. The Kier molecular flexibility index (Phi) is 6.12. The molecular formula is C14H26N2O3. The standard InChI is InChI=1S/C14H26N2O3/c1-10(2)12-6-8-16(9-12)14(19)15-7-4-5-11(3)13(17)18/h10-12H,4-9H2,1-3H3,(H,15,19)(H,17,18). The lowest BCUT2D eigenvalue weighted by Gasteiger charge is -2.18. The zero-order chi connectivity index (χ0) is 14.4. The lowest BCUT2D eigenvalue weighted by Crippen LogP contribution is -2.39. The van der Waals surface area contributed by atoms with Crippen LogP contribution in [0.5, 0.6) is 0 Å². The summed E-state index contributed by atoms with van der Waals surface area (Å²) < 4.78 is 0. The predicted molar refractivity (Wildman–Crippen MR) is 74.0 cm³/mol. The Labute approximate surface area is 115 Å². The van der Waals surface area contributed by atoms with Crippen LogP contribution in [0.4, 0.5) is 4.79 Å². The van der Waals surface area contributed by atoms with E-state index in [-0.39, 0.29) is 11.9 Å². The fraction of sp³-hybridized carbons (Fsp3) is 0.857. The van der Waals surface area contributed by atoms with Gasteiger partial charge in [-0.05, 0) is 31.1 Å². The maximum absolute atomic E-state index is 11.9. The smallest absolute Gasteiger partial charge is 0.317 e. The third kappa shape index (κ3) is 5.09. The highest BCUT2D eigenvalue weighted by atomic mass is 16.4. The van der Waals surface area contributed by atoms with Crippen molar-refractivity contribution in [1.82, 2.24) is 10.2 Å². The van der Waals surface area contributed by atoms with Gasteiger partial charge in [-0.15, -0.1) is 0 Å². The van der Waals surface area contributed by atoms with Crippen LogP contribution in [0.15, 0.2) is 0 Å². The number of carbonyl (C=O) groups is 2. The third-order valence-corrected chi connectivity index (χ3v) is 3.97. The molecule has 0 aromatic rings. The molecule has 0 aromatic heterocycles. The zero-order valence-electron chi connectivity index (χ0n) is 12.2. The van der Waals surface area contributed by atoms with Gasteiger partial charge in [0.25, 0.3) is 0 Å². The van der Waals surface area contributed by atoms with E-state index in [4.69, 9.17) is 5.11 Å². The molecule has 0 bridgehead atoms. The van der Waals surface area contributed by atoms with Gasteiger partial charge in [-0.3, -0.25) is 4.79 Å². The second-order valence-electron chi connectivity index (χ2n) is 5.85. The minimum atomic E-state index is -0.773. The summed E-state index contributed by atoms with van der Waals surface area (Å²) in [6.07, 6.45) is 2.39. The maximum atomic E-state index is 11.9. The van der Waals surface area contributed by atoms with Gasteiger partial charge in [0.1, 0.15) is 0 Å². The summed E-state index contributed by atoms with van der Waals surface area (Å²) in [4.78, 5) is 24.4. The Balaban J connectivity index is 2.17. The fourth-order valence-corrected chi connectivity index (χ4v) is 2.35. The van der Waals surface area contributed by atoms with Gasteiger partial charge in [0.15, 0.2) is 0 Å². The van der Waals surface area contributed by atoms with Crippen LogP contribution >= 0.6 is 0 Å². The third-order valence-electron chi connectivity index (χ3n) is 3.97. The van der Waals surface area contributed by atoms with Crippen LogP contribution in [0.1, 0.15) is 40.0 Å². The number of rotatable bonds is 6. The second-order valence-corrected chi connectivity index (χ2v) is 5.85. The Morgan fingerprint density at radius 1 is 1.37 bits per heavy atom. The number of carbonyl (C=O) groups excluding carboxylic acids is 1. The first kappa shape index (κ1) is 15.8. The number of nitrogens with zero attached hydrogens (tertiary/aromatic N) is 1. The molecule has 110 valence electrons. The molecule has 2 N–H and O–H groups in total. The van der Waals surface area contributed by atoms with E-state index in [1.54, 1.807) is 6.92 Å². The van der Waals surface area contributed by atoms with Crippen LogP contribution in [0, 0.1) is 17.8 Å². The predicted octanol–water partition coefficient (Wildman–Crippen LogP) is 2.17. The molecule has 1 rings (SSSR count). The number of aliphatic carboxylic acids is 1.